The lowest BCUT2D eigenvalue weighted by molar-refractivity contribution is -0.123. The Labute approximate surface area is 137 Å². The first-order valence-electron chi connectivity index (χ1n) is 6.66. The summed E-state index contributed by atoms with van der Waals surface area (Å²) in [6.07, 6.45) is 5.17. The number of allylic oxidation sites excluding steroid dienone is 1. The van der Waals surface area contributed by atoms with Crippen molar-refractivity contribution < 1.29 is 9.53 Å². The van der Waals surface area contributed by atoms with Gasteiger partial charge in [-0.15, -0.1) is 0 Å². The van der Waals surface area contributed by atoms with Crippen molar-refractivity contribution in [2.24, 2.45) is 5.10 Å². The monoisotopic (exact) mass is 358 g/mol. The zero-order chi connectivity index (χ0) is 15.6. The van der Waals surface area contributed by atoms with Crippen LogP contribution in [0.5, 0.6) is 5.75 Å². The van der Waals surface area contributed by atoms with E-state index in [4.69, 9.17) is 4.74 Å². The predicted molar refractivity (Wildman–Crippen MR) is 91.7 cm³/mol. The number of nitrogens with zero attached hydrogens (tertiary/aromatic N) is 1. The molecule has 0 saturated heterocycles. The van der Waals surface area contributed by atoms with Crippen molar-refractivity contribution in [3.05, 3.63) is 70.7 Å². The summed E-state index contributed by atoms with van der Waals surface area (Å²) < 4.78 is 6.28. The number of rotatable bonds is 6. The van der Waals surface area contributed by atoms with Crippen LogP contribution in [0.15, 0.2) is 70.2 Å². The standard InChI is InChI=1S/C17H15BrN2O2/c18-15-8-10-16(11-9-15)22-13-17(21)20-19-12-4-7-14-5-2-1-3-6-14/h1-12H,13H2,(H,20,21)/b7-4-,19-12?. The number of carbonyl (C=O) groups excluding carboxylic acids is 1. The summed E-state index contributed by atoms with van der Waals surface area (Å²) >= 11 is 3.33. The molecule has 2 rings (SSSR count). The van der Waals surface area contributed by atoms with Gasteiger partial charge in [0.25, 0.3) is 5.91 Å². The normalized spacial score (nSPS) is 11.0. The van der Waals surface area contributed by atoms with Crippen molar-refractivity contribution >= 4 is 34.1 Å². The second-order valence-electron chi connectivity index (χ2n) is 4.33. The van der Waals surface area contributed by atoms with Crippen molar-refractivity contribution in [1.82, 2.24) is 5.43 Å². The van der Waals surface area contributed by atoms with Gasteiger partial charge in [-0.2, -0.15) is 5.10 Å². The van der Waals surface area contributed by atoms with E-state index in [1.165, 1.54) is 6.21 Å². The van der Waals surface area contributed by atoms with Gasteiger partial charge in [0, 0.05) is 10.7 Å². The van der Waals surface area contributed by atoms with E-state index in [0.717, 1.165) is 10.0 Å². The van der Waals surface area contributed by atoms with E-state index in [1.54, 1.807) is 18.2 Å². The van der Waals surface area contributed by atoms with Gasteiger partial charge in [-0.05, 0) is 35.9 Å². The van der Waals surface area contributed by atoms with Crippen LogP contribution >= 0.6 is 15.9 Å². The molecular weight excluding hydrogens is 344 g/mol. The van der Waals surface area contributed by atoms with Gasteiger partial charge in [0.1, 0.15) is 5.75 Å². The minimum absolute atomic E-state index is 0.0820. The molecule has 0 radical (unpaired) electrons. The molecule has 4 nitrogen and oxygen atoms in total. The van der Waals surface area contributed by atoms with Crippen LogP contribution in [0.1, 0.15) is 5.56 Å². The summed E-state index contributed by atoms with van der Waals surface area (Å²) in [7, 11) is 0. The molecule has 0 bridgehead atoms. The van der Waals surface area contributed by atoms with Gasteiger partial charge in [-0.25, -0.2) is 5.43 Å². The highest BCUT2D eigenvalue weighted by Crippen LogP contribution is 2.15. The molecule has 2 aromatic carbocycles. The van der Waals surface area contributed by atoms with Crippen molar-refractivity contribution in [2.75, 3.05) is 6.61 Å². The second kappa shape index (κ2) is 8.79. The van der Waals surface area contributed by atoms with Crippen LogP contribution in [-0.2, 0) is 4.79 Å². The Bertz CT molecular complexity index is 652. The average Bonchev–Trinajstić information content (AvgIpc) is 2.55. The average molecular weight is 359 g/mol. The quantitative estimate of drug-likeness (QED) is 0.632. The van der Waals surface area contributed by atoms with Crippen LogP contribution in [0.2, 0.25) is 0 Å². The Kier molecular flexibility index (Phi) is 6.39. The lowest BCUT2D eigenvalue weighted by Crippen LogP contribution is -2.24. The van der Waals surface area contributed by atoms with Gasteiger partial charge >= 0.3 is 0 Å². The molecule has 0 unspecified atom stereocenters. The molecule has 0 spiro atoms. The molecule has 0 atom stereocenters. The van der Waals surface area contributed by atoms with Crippen molar-refractivity contribution in [3.8, 4) is 5.75 Å². The van der Waals surface area contributed by atoms with Gasteiger partial charge in [0.05, 0.1) is 0 Å². The fourth-order valence-electron chi connectivity index (χ4n) is 1.58. The van der Waals surface area contributed by atoms with Crippen molar-refractivity contribution in [3.63, 3.8) is 0 Å². The zero-order valence-corrected chi connectivity index (χ0v) is 13.4. The molecule has 5 heteroatoms. The molecule has 0 aliphatic carbocycles. The minimum atomic E-state index is -0.313. The van der Waals surface area contributed by atoms with Gasteiger partial charge in [0.15, 0.2) is 6.61 Å². The highest BCUT2D eigenvalue weighted by Gasteiger charge is 2.00. The Morgan fingerprint density at radius 1 is 1.14 bits per heavy atom. The van der Waals surface area contributed by atoms with E-state index in [2.05, 4.69) is 26.5 Å². The Morgan fingerprint density at radius 2 is 1.86 bits per heavy atom. The van der Waals surface area contributed by atoms with Crippen molar-refractivity contribution in [1.29, 1.82) is 0 Å². The first-order chi connectivity index (χ1) is 10.7. The van der Waals surface area contributed by atoms with E-state index in [1.807, 2.05) is 48.5 Å². The summed E-state index contributed by atoms with van der Waals surface area (Å²) in [6, 6.07) is 17.1. The third kappa shape index (κ3) is 5.93. The molecule has 1 amide bonds. The lowest BCUT2D eigenvalue weighted by Gasteiger charge is -2.04. The number of carbonyl (C=O) groups is 1. The van der Waals surface area contributed by atoms with Crippen LogP contribution in [0.4, 0.5) is 0 Å². The van der Waals surface area contributed by atoms with Crippen LogP contribution in [0.3, 0.4) is 0 Å². The molecule has 0 saturated carbocycles. The van der Waals surface area contributed by atoms with Gasteiger partial charge in [0.2, 0.25) is 0 Å². The number of benzene rings is 2. The van der Waals surface area contributed by atoms with Crippen LogP contribution in [-0.4, -0.2) is 18.7 Å². The van der Waals surface area contributed by atoms with Crippen molar-refractivity contribution in [2.45, 2.75) is 0 Å². The zero-order valence-electron chi connectivity index (χ0n) is 11.8. The number of ether oxygens (including phenoxy) is 1. The summed E-state index contributed by atoms with van der Waals surface area (Å²) in [6.45, 7) is -0.0820. The molecule has 2 aromatic rings. The number of hydrogen-bond acceptors (Lipinski definition) is 3. The van der Waals surface area contributed by atoms with E-state index in [0.29, 0.717) is 5.75 Å². The lowest BCUT2D eigenvalue weighted by atomic mass is 10.2. The maximum Gasteiger partial charge on any atom is 0.277 e. The van der Waals surface area contributed by atoms with Crippen LogP contribution in [0.25, 0.3) is 6.08 Å². The van der Waals surface area contributed by atoms with E-state index in [-0.39, 0.29) is 12.5 Å². The summed E-state index contributed by atoms with van der Waals surface area (Å²) in [4.78, 5) is 11.5. The molecule has 0 fully saturated rings. The second-order valence-corrected chi connectivity index (χ2v) is 5.24. The Morgan fingerprint density at radius 3 is 2.59 bits per heavy atom. The molecule has 0 aliphatic rings. The minimum Gasteiger partial charge on any atom is -0.484 e. The summed E-state index contributed by atoms with van der Waals surface area (Å²) in [5, 5.41) is 3.81. The van der Waals surface area contributed by atoms with E-state index >= 15 is 0 Å². The van der Waals surface area contributed by atoms with Crippen LogP contribution < -0.4 is 10.2 Å². The number of hydrogen-bond donors (Lipinski definition) is 1. The first-order valence-corrected chi connectivity index (χ1v) is 7.45. The number of nitrogens with one attached hydrogen (secondary N) is 1. The topological polar surface area (TPSA) is 50.7 Å². The van der Waals surface area contributed by atoms with E-state index in [9.17, 15) is 4.79 Å². The van der Waals surface area contributed by atoms with Crippen LogP contribution in [0, 0.1) is 0 Å². The first kappa shape index (κ1) is 16.0. The molecular formula is C17H15BrN2O2. The number of halogens is 1. The number of amides is 1. The molecule has 22 heavy (non-hydrogen) atoms. The highest BCUT2D eigenvalue weighted by atomic mass is 79.9. The summed E-state index contributed by atoms with van der Waals surface area (Å²) in [5.41, 5.74) is 3.46. The van der Waals surface area contributed by atoms with E-state index < -0.39 is 0 Å². The Hall–Kier alpha value is -2.40. The molecule has 1 N–H and O–H groups in total. The largest absolute Gasteiger partial charge is 0.484 e. The third-order valence-electron chi connectivity index (χ3n) is 2.62. The fraction of sp³-hybridized carbons (Fsp3) is 0.0588. The SMILES string of the molecule is O=C(COc1ccc(Br)cc1)NN=C/C=C\c1ccccc1. The highest BCUT2D eigenvalue weighted by molar-refractivity contribution is 9.10. The third-order valence-corrected chi connectivity index (χ3v) is 3.15. The maximum atomic E-state index is 11.5. The van der Waals surface area contributed by atoms with Gasteiger partial charge in [-0.3, -0.25) is 4.79 Å². The molecule has 0 aromatic heterocycles. The summed E-state index contributed by atoms with van der Waals surface area (Å²) in [5.74, 6) is 0.318. The molecule has 0 aliphatic heterocycles. The number of hydrazone groups is 1. The van der Waals surface area contributed by atoms with Gasteiger partial charge < -0.3 is 4.74 Å². The smallest absolute Gasteiger partial charge is 0.277 e. The van der Waals surface area contributed by atoms with Gasteiger partial charge in [-0.1, -0.05) is 52.3 Å². The Balaban J connectivity index is 1.70. The predicted octanol–water partition coefficient (Wildman–Crippen LogP) is 3.64. The molecule has 112 valence electrons. The maximum absolute atomic E-state index is 11.5. The fourth-order valence-corrected chi connectivity index (χ4v) is 1.85. The molecule has 0 heterocycles.